The number of hydrogen-bond donors (Lipinski definition) is 0. The summed E-state index contributed by atoms with van der Waals surface area (Å²) in [5, 5.41) is 15.1. The van der Waals surface area contributed by atoms with Crippen LogP contribution in [0.4, 0.5) is 0 Å². The molecule has 8 heteroatoms. The summed E-state index contributed by atoms with van der Waals surface area (Å²) in [5.74, 6) is 0.100. The van der Waals surface area contributed by atoms with Crippen molar-refractivity contribution in [1.29, 1.82) is 0 Å². The predicted molar refractivity (Wildman–Crippen MR) is 60.4 cm³/mol. The Hall–Kier alpha value is -2.25. The van der Waals surface area contributed by atoms with Crippen LogP contribution < -0.4 is 0 Å². The van der Waals surface area contributed by atoms with E-state index >= 15 is 0 Å². The highest BCUT2D eigenvalue weighted by Gasteiger charge is 2.12. The molecular formula is C10H14N6O2. The van der Waals surface area contributed by atoms with Gasteiger partial charge >= 0.3 is 5.97 Å². The van der Waals surface area contributed by atoms with E-state index in [2.05, 4.69) is 20.6 Å². The minimum absolute atomic E-state index is 0.0563. The smallest absolute Gasteiger partial charge is 0.341 e. The van der Waals surface area contributed by atoms with E-state index in [4.69, 9.17) is 4.74 Å². The van der Waals surface area contributed by atoms with Crippen LogP contribution in [0.3, 0.4) is 0 Å². The lowest BCUT2D eigenvalue weighted by Gasteiger charge is -2.03. The quantitative estimate of drug-likeness (QED) is 0.703. The zero-order valence-electron chi connectivity index (χ0n) is 10.3. The highest BCUT2D eigenvalue weighted by molar-refractivity contribution is 5.88. The molecule has 0 aliphatic carbocycles. The first-order valence-corrected chi connectivity index (χ1v) is 5.61. The Morgan fingerprint density at radius 3 is 3.00 bits per heavy atom. The van der Waals surface area contributed by atoms with Gasteiger partial charge in [-0.3, -0.25) is 4.68 Å². The van der Waals surface area contributed by atoms with Gasteiger partial charge < -0.3 is 4.74 Å². The van der Waals surface area contributed by atoms with Gasteiger partial charge in [-0.2, -0.15) is 5.10 Å². The number of carbonyl (C=O) groups excluding carboxylic acids is 1. The van der Waals surface area contributed by atoms with Gasteiger partial charge in [0.2, 0.25) is 0 Å². The Labute approximate surface area is 104 Å². The maximum Gasteiger partial charge on any atom is 0.341 e. The molecule has 0 aromatic carbocycles. The van der Waals surface area contributed by atoms with Crippen LogP contribution in [0.25, 0.3) is 0 Å². The second-order valence-electron chi connectivity index (χ2n) is 3.80. The molecule has 0 aliphatic heterocycles. The van der Waals surface area contributed by atoms with Gasteiger partial charge in [-0.1, -0.05) is 6.92 Å². The lowest BCUT2D eigenvalue weighted by atomic mass is 10.4. The van der Waals surface area contributed by atoms with E-state index in [9.17, 15) is 4.79 Å². The van der Waals surface area contributed by atoms with Gasteiger partial charge in [0.05, 0.1) is 11.8 Å². The SMILES string of the molecule is CCCn1nnnc1COC(=O)c1cnn(C)c1. The van der Waals surface area contributed by atoms with Gasteiger partial charge in [-0.25, -0.2) is 9.48 Å². The first-order chi connectivity index (χ1) is 8.70. The summed E-state index contributed by atoms with van der Waals surface area (Å²) in [5.41, 5.74) is 0.409. The van der Waals surface area contributed by atoms with Crippen molar-refractivity contribution in [2.45, 2.75) is 26.5 Å². The zero-order valence-corrected chi connectivity index (χ0v) is 10.3. The lowest BCUT2D eigenvalue weighted by Crippen LogP contribution is -2.10. The van der Waals surface area contributed by atoms with Crippen LogP contribution in [0, 0.1) is 0 Å². The van der Waals surface area contributed by atoms with Crippen molar-refractivity contribution in [3.05, 3.63) is 23.8 Å². The van der Waals surface area contributed by atoms with Crippen molar-refractivity contribution in [3.8, 4) is 0 Å². The molecule has 0 saturated carbocycles. The Morgan fingerprint density at radius 2 is 2.33 bits per heavy atom. The molecule has 0 aliphatic rings. The number of esters is 1. The minimum Gasteiger partial charge on any atom is -0.454 e. The molecule has 0 unspecified atom stereocenters. The van der Waals surface area contributed by atoms with Crippen LogP contribution in [0.2, 0.25) is 0 Å². The molecular weight excluding hydrogens is 236 g/mol. The standard InChI is InChI=1S/C10H14N6O2/c1-3-4-16-9(12-13-14-16)7-18-10(17)8-5-11-15(2)6-8/h5-6H,3-4,7H2,1-2H3. The fourth-order valence-corrected chi connectivity index (χ4v) is 1.45. The summed E-state index contributed by atoms with van der Waals surface area (Å²) in [4.78, 5) is 11.7. The Balaban J connectivity index is 1.95. The molecule has 0 N–H and O–H groups in total. The number of carbonyl (C=O) groups is 1. The van der Waals surface area contributed by atoms with Gasteiger partial charge in [0, 0.05) is 19.8 Å². The third-order valence-corrected chi connectivity index (χ3v) is 2.31. The van der Waals surface area contributed by atoms with Crippen LogP contribution in [-0.4, -0.2) is 36.0 Å². The molecule has 0 amide bonds. The number of tetrazole rings is 1. The summed E-state index contributed by atoms with van der Waals surface area (Å²) in [6, 6.07) is 0. The molecule has 96 valence electrons. The Morgan fingerprint density at radius 1 is 1.50 bits per heavy atom. The molecule has 0 fully saturated rings. The molecule has 0 spiro atoms. The average molecular weight is 250 g/mol. The lowest BCUT2D eigenvalue weighted by molar-refractivity contribution is 0.0456. The van der Waals surface area contributed by atoms with E-state index in [1.807, 2.05) is 6.92 Å². The fourth-order valence-electron chi connectivity index (χ4n) is 1.45. The maximum atomic E-state index is 11.7. The van der Waals surface area contributed by atoms with E-state index in [1.54, 1.807) is 17.9 Å². The summed E-state index contributed by atoms with van der Waals surface area (Å²) in [7, 11) is 1.73. The Bertz CT molecular complexity index is 532. The molecule has 18 heavy (non-hydrogen) atoms. The number of nitrogens with zero attached hydrogens (tertiary/aromatic N) is 6. The number of hydrogen-bond acceptors (Lipinski definition) is 6. The molecule has 2 aromatic heterocycles. The van der Waals surface area contributed by atoms with E-state index in [0.29, 0.717) is 17.9 Å². The zero-order chi connectivity index (χ0) is 13.0. The molecule has 8 nitrogen and oxygen atoms in total. The topological polar surface area (TPSA) is 87.7 Å². The van der Waals surface area contributed by atoms with Crippen molar-refractivity contribution >= 4 is 5.97 Å². The highest BCUT2D eigenvalue weighted by atomic mass is 16.5. The van der Waals surface area contributed by atoms with E-state index in [0.717, 1.165) is 6.42 Å². The van der Waals surface area contributed by atoms with Crippen LogP contribution >= 0.6 is 0 Å². The van der Waals surface area contributed by atoms with Crippen molar-refractivity contribution in [2.75, 3.05) is 0 Å². The third kappa shape index (κ3) is 2.70. The van der Waals surface area contributed by atoms with E-state index < -0.39 is 5.97 Å². The monoisotopic (exact) mass is 250 g/mol. The molecule has 2 aromatic rings. The number of aryl methyl sites for hydroxylation is 2. The summed E-state index contributed by atoms with van der Waals surface area (Å²) in [6.45, 7) is 2.78. The number of rotatable bonds is 5. The first kappa shape index (κ1) is 12.2. The fraction of sp³-hybridized carbons (Fsp3) is 0.500. The molecule has 0 atom stereocenters. The maximum absolute atomic E-state index is 11.7. The summed E-state index contributed by atoms with van der Waals surface area (Å²) >= 11 is 0. The highest BCUT2D eigenvalue weighted by Crippen LogP contribution is 2.03. The Kier molecular flexibility index (Phi) is 3.66. The van der Waals surface area contributed by atoms with Gasteiger partial charge in [-0.15, -0.1) is 5.10 Å². The molecule has 0 bridgehead atoms. The van der Waals surface area contributed by atoms with Crippen molar-refractivity contribution in [1.82, 2.24) is 30.0 Å². The van der Waals surface area contributed by atoms with Crippen LogP contribution in [0.1, 0.15) is 29.5 Å². The first-order valence-electron chi connectivity index (χ1n) is 5.61. The predicted octanol–water partition coefficient (Wildman–Crippen LogP) is 0.174. The van der Waals surface area contributed by atoms with Crippen molar-refractivity contribution < 1.29 is 9.53 Å². The molecule has 2 rings (SSSR count). The van der Waals surface area contributed by atoms with Gasteiger partial charge in [0.15, 0.2) is 12.4 Å². The van der Waals surface area contributed by atoms with Gasteiger partial charge in [0.1, 0.15) is 0 Å². The number of ether oxygens (including phenoxy) is 1. The molecule has 0 radical (unpaired) electrons. The third-order valence-electron chi connectivity index (χ3n) is 2.31. The average Bonchev–Trinajstić information content (AvgIpc) is 2.96. The van der Waals surface area contributed by atoms with Crippen LogP contribution in [0.5, 0.6) is 0 Å². The van der Waals surface area contributed by atoms with E-state index in [-0.39, 0.29) is 6.61 Å². The van der Waals surface area contributed by atoms with Gasteiger partial charge in [0.25, 0.3) is 0 Å². The minimum atomic E-state index is -0.436. The molecule has 0 saturated heterocycles. The van der Waals surface area contributed by atoms with Crippen molar-refractivity contribution in [2.24, 2.45) is 7.05 Å². The van der Waals surface area contributed by atoms with E-state index in [1.165, 1.54) is 10.9 Å². The largest absolute Gasteiger partial charge is 0.454 e. The van der Waals surface area contributed by atoms with Crippen LogP contribution in [-0.2, 0) is 24.9 Å². The number of aromatic nitrogens is 6. The normalized spacial score (nSPS) is 10.6. The van der Waals surface area contributed by atoms with Crippen LogP contribution in [0.15, 0.2) is 12.4 Å². The van der Waals surface area contributed by atoms with Gasteiger partial charge in [-0.05, 0) is 16.8 Å². The second kappa shape index (κ2) is 5.39. The summed E-state index contributed by atoms with van der Waals surface area (Å²) < 4.78 is 8.28. The van der Waals surface area contributed by atoms with Crippen molar-refractivity contribution in [3.63, 3.8) is 0 Å². The molecule has 2 heterocycles. The second-order valence-corrected chi connectivity index (χ2v) is 3.80. The summed E-state index contributed by atoms with van der Waals surface area (Å²) in [6.07, 6.45) is 3.96.